The molecule has 2 aromatic carbocycles. The average Bonchev–Trinajstić information content (AvgIpc) is 3.25. The van der Waals surface area contributed by atoms with Crippen molar-refractivity contribution in [3.63, 3.8) is 0 Å². The molecule has 2 aliphatic heterocycles. The number of ether oxygens (including phenoxy) is 4. The van der Waals surface area contributed by atoms with Crippen molar-refractivity contribution in [2.45, 2.75) is 12.2 Å². The van der Waals surface area contributed by atoms with Crippen LogP contribution in [0.15, 0.2) is 36.4 Å². The number of benzene rings is 2. The largest absolute Gasteiger partial charge is 0.504 e. The third-order valence-electron chi connectivity index (χ3n) is 5.33. The zero-order valence-corrected chi connectivity index (χ0v) is 14.7. The molecule has 2 saturated heterocycles. The van der Waals surface area contributed by atoms with Gasteiger partial charge < -0.3 is 29.2 Å². The maximum atomic E-state index is 9.80. The summed E-state index contributed by atoms with van der Waals surface area (Å²) >= 11 is 0. The third-order valence-corrected chi connectivity index (χ3v) is 5.33. The number of fused-ring (bicyclic) bond motifs is 1. The lowest BCUT2D eigenvalue weighted by molar-refractivity contribution is 0.0191. The van der Waals surface area contributed by atoms with E-state index in [9.17, 15) is 10.2 Å². The molecule has 2 heterocycles. The van der Waals surface area contributed by atoms with Crippen molar-refractivity contribution >= 4 is 0 Å². The molecule has 2 N–H and O–H groups in total. The molecule has 2 aromatic rings. The van der Waals surface area contributed by atoms with Gasteiger partial charge in [-0.15, -0.1) is 0 Å². The smallest absolute Gasteiger partial charge is 0.160 e. The zero-order valence-electron chi connectivity index (χ0n) is 14.7. The van der Waals surface area contributed by atoms with Crippen LogP contribution in [0.3, 0.4) is 0 Å². The van der Waals surface area contributed by atoms with Crippen molar-refractivity contribution in [3.05, 3.63) is 47.5 Å². The van der Waals surface area contributed by atoms with Crippen LogP contribution in [-0.2, 0) is 9.47 Å². The molecule has 6 heteroatoms. The lowest BCUT2D eigenvalue weighted by Crippen LogP contribution is -2.14. The maximum absolute atomic E-state index is 9.80. The van der Waals surface area contributed by atoms with Gasteiger partial charge in [0, 0.05) is 11.8 Å². The van der Waals surface area contributed by atoms with E-state index in [1.54, 1.807) is 12.1 Å². The topological polar surface area (TPSA) is 77.4 Å². The SMILES string of the molecule is COc1cc([C@@H]2OC[C@H]3[C@@H]2CO[C@H]3c2ccc(O)c(OC)c2)ccc1O. The van der Waals surface area contributed by atoms with Gasteiger partial charge in [-0.3, -0.25) is 0 Å². The minimum atomic E-state index is -0.0986. The van der Waals surface area contributed by atoms with Gasteiger partial charge in [0.1, 0.15) is 0 Å². The molecule has 0 bridgehead atoms. The molecular weight excluding hydrogens is 336 g/mol. The zero-order chi connectivity index (χ0) is 18.3. The fourth-order valence-corrected chi connectivity index (χ4v) is 3.98. The number of phenols is 2. The number of aromatic hydroxyl groups is 2. The molecule has 0 aromatic heterocycles. The molecule has 2 fully saturated rings. The minimum Gasteiger partial charge on any atom is -0.504 e. The molecule has 2 aliphatic rings. The fourth-order valence-electron chi connectivity index (χ4n) is 3.98. The molecule has 0 unspecified atom stereocenters. The highest BCUT2D eigenvalue weighted by atomic mass is 16.5. The summed E-state index contributed by atoms with van der Waals surface area (Å²) in [5.74, 6) is 1.54. The van der Waals surface area contributed by atoms with E-state index in [1.807, 2.05) is 24.3 Å². The number of phenolic OH excluding ortho intramolecular Hbond substituents is 2. The monoisotopic (exact) mass is 358 g/mol. The summed E-state index contributed by atoms with van der Waals surface area (Å²) in [6, 6.07) is 10.6. The van der Waals surface area contributed by atoms with Gasteiger partial charge in [-0.2, -0.15) is 0 Å². The van der Waals surface area contributed by atoms with Gasteiger partial charge in [0.25, 0.3) is 0 Å². The first-order valence-electron chi connectivity index (χ1n) is 8.59. The second kappa shape index (κ2) is 6.70. The number of hydrogen-bond acceptors (Lipinski definition) is 6. The van der Waals surface area contributed by atoms with Crippen molar-refractivity contribution in [2.24, 2.45) is 11.8 Å². The molecule has 0 amide bonds. The normalized spacial score (nSPS) is 27.3. The van der Waals surface area contributed by atoms with Gasteiger partial charge in [-0.05, 0) is 35.4 Å². The van der Waals surface area contributed by atoms with Crippen LogP contribution in [-0.4, -0.2) is 37.6 Å². The van der Waals surface area contributed by atoms with Crippen LogP contribution < -0.4 is 9.47 Å². The highest BCUT2D eigenvalue weighted by Crippen LogP contribution is 2.51. The van der Waals surface area contributed by atoms with E-state index < -0.39 is 0 Å². The number of hydrogen-bond donors (Lipinski definition) is 2. The number of rotatable bonds is 4. The summed E-state index contributed by atoms with van der Waals surface area (Å²) in [5, 5.41) is 19.6. The van der Waals surface area contributed by atoms with Crippen LogP contribution in [0.2, 0.25) is 0 Å². The summed E-state index contributed by atoms with van der Waals surface area (Å²) in [6.07, 6.45) is -0.197. The van der Waals surface area contributed by atoms with E-state index in [-0.39, 0.29) is 35.5 Å². The molecule has 0 saturated carbocycles. The van der Waals surface area contributed by atoms with E-state index in [4.69, 9.17) is 18.9 Å². The molecular formula is C20H22O6. The van der Waals surface area contributed by atoms with Gasteiger partial charge in [-0.1, -0.05) is 12.1 Å². The standard InChI is InChI=1S/C20H22O6/c1-23-17-7-11(3-5-15(17)21)19-13-9-26-20(14(13)10-25-19)12-4-6-16(22)18(8-12)24-2/h3-8,13-14,19-22H,9-10H2,1-2H3/t13-,14-,19-,20-/m0/s1. The van der Waals surface area contributed by atoms with Gasteiger partial charge >= 0.3 is 0 Å². The Morgan fingerprint density at radius 1 is 0.769 bits per heavy atom. The Morgan fingerprint density at radius 3 is 1.58 bits per heavy atom. The molecule has 0 spiro atoms. The van der Waals surface area contributed by atoms with Gasteiger partial charge in [-0.25, -0.2) is 0 Å². The predicted molar refractivity (Wildman–Crippen MR) is 93.7 cm³/mol. The van der Waals surface area contributed by atoms with E-state index >= 15 is 0 Å². The van der Waals surface area contributed by atoms with Crippen molar-refractivity contribution < 1.29 is 29.2 Å². The van der Waals surface area contributed by atoms with Gasteiger partial charge in [0.2, 0.25) is 0 Å². The van der Waals surface area contributed by atoms with Crippen LogP contribution in [0, 0.1) is 11.8 Å². The molecule has 26 heavy (non-hydrogen) atoms. The van der Waals surface area contributed by atoms with Crippen molar-refractivity contribution in [3.8, 4) is 23.0 Å². The summed E-state index contributed by atoms with van der Waals surface area (Å²) in [4.78, 5) is 0. The maximum Gasteiger partial charge on any atom is 0.160 e. The van der Waals surface area contributed by atoms with Gasteiger partial charge in [0.05, 0.1) is 39.6 Å². The Hall–Kier alpha value is -2.44. The molecule has 4 rings (SSSR count). The lowest BCUT2D eigenvalue weighted by atomic mass is 9.85. The summed E-state index contributed by atoms with van der Waals surface area (Å²) in [7, 11) is 3.06. The van der Waals surface area contributed by atoms with Crippen LogP contribution in [0.1, 0.15) is 23.3 Å². The molecule has 138 valence electrons. The average molecular weight is 358 g/mol. The highest BCUT2D eigenvalue weighted by Gasteiger charge is 2.48. The Kier molecular flexibility index (Phi) is 4.38. The van der Waals surface area contributed by atoms with E-state index in [0.717, 1.165) is 11.1 Å². The van der Waals surface area contributed by atoms with Crippen LogP contribution in [0.5, 0.6) is 23.0 Å². The fraction of sp³-hybridized carbons (Fsp3) is 0.400. The molecule has 0 radical (unpaired) electrons. The Bertz CT molecular complexity index is 737. The highest BCUT2D eigenvalue weighted by molar-refractivity contribution is 5.44. The molecule has 6 nitrogen and oxygen atoms in total. The third kappa shape index (κ3) is 2.75. The van der Waals surface area contributed by atoms with Crippen LogP contribution >= 0.6 is 0 Å². The minimum absolute atomic E-state index is 0.0986. The van der Waals surface area contributed by atoms with Crippen molar-refractivity contribution in [1.29, 1.82) is 0 Å². The van der Waals surface area contributed by atoms with Crippen LogP contribution in [0.4, 0.5) is 0 Å². The summed E-state index contributed by atoms with van der Waals surface area (Å²) < 4.78 is 22.6. The van der Waals surface area contributed by atoms with E-state index in [0.29, 0.717) is 24.7 Å². The van der Waals surface area contributed by atoms with Gasteiger partial charge in [0.15, 0.2) is 23.0 Å². The number of methoxy groups -OCH3 is 2. The first-order valence-corrected chi connectivity index (χ1v) is 8.59. The molecule has 4 atom stereocenters. The molecule has 0 aliphatic carbocycles. The Morgan fingerprint density at radius 2 is 1.19 bits per heavy atom. The second-order valence-corrected chi connectivity index (χ2v) is 6.70. The second-order valence-electron chi connectivity index (χ2n) is 6.70. The Labute approximate surface area is 151 Å². The first kappa shape index (κ1) is 17.0. The first-order chi connectivity index (χ1) is 12.6. The lowest BCUT2D eigenvalue weighted by Gasteiger charge is -2.18. The van der Waals surface area contributed by atoms with E-state index in [2.05, 4.69) is 0 Å². The Balaban J connectivity index is 1.58. The summed E-state index contributed by atoms with van der Waals surface area (Å²) in [6.45, 7) is 1.18. The van der Waals surface area contributed by atoms with Crippen LogP contribution in [0.25, 0.3) is 0 Å². The predicted octanol–water partition coefficient (Wildman–Crippen LogP) is 3.19. The van der Waals surface area contributed by atoms with Crippen molar-refractivity contribution in [2.75, 3.05) is 27.4 Å². The quantitative estimate of drug-likeness (QED) is 0.874. The van der Waals surface area contributed by atoms with E-state index in [1.165, 1.54) is 14.2 Å². The van der Waals surface area contributed by atoms with Crippen molar-refractivity contribution in [1.82, 2.24) is 0 Å². The summed E-state index contributed by atoms with van der Waals surface area (Å²) in [5.41, 5.74) is 1.94.